The molecule has 0 spiro atoms. The molecule has 2 radical (unpaired) electrons. The molecule has 50 valence electrons. The highest BCUT2D eigenvalue weighted by Crippen LogP contribution is 1.91. The molecule has 0 aromatic rings. The Morgan fingerprint density at radius 2 is 2.44 bits per heavy atom. The Kier molecular flexibility index (Phi) is 4.85. The molecule has 5 heteroatoms. The van der Waals surface area contributed by atoms with Crippen molar-refractivity contribution < 1.29 is 9.90 Å². The molecule has 0 unspecified atom stereocenters. The van der Waals surface area contributed by atoms with Crippen LogP contribution in [-0.2, 0) is 4.79 Å². The van der Waals surface area contributed by atoms with Crippen LogP contribution < -0.4 is 5.23 Å². The lowest BCUT2D eigenvalue weighted by Crippen LogP contribution is -2.40. The molecule has 9 heavy (non-hydrogen) atoms. The van der Waals surface area contributed by atoms with Crippen LogP contribution in [0.5, 0.6) is 0 Å². The predicted molar refractivity (Wildman–Crippen MR) is 38.6 cm³/mol. The molecule has 0 saturated carbocycles. The minimum absolute atomic E-state index is 0.330. The third kappa shape index (κ3) is 2.88. The van der Waals surface area contributed by atoms with Crippen LogP contribution in [0.3, 0.4) is 0 Å². The van der Waals surface area contributed by atoms with E-state index in [1.165, 1.54) is 0 Å². The third-order valence-corrected chi connectivity index (χ3v) is 1.36. The summed E-state index contributed by atoms with van der Waals surface area (Å²) < 4.78 is 0. The highest BCUT2D eigenvalue weighted by Gasteiger charge is 2.12. The van der Waals surface area contributed by atoms with Crippen molar-refractivity contribution in [2.45, 2.75) is 12.1 Å². The quantitative estimate of drug-likeness (QED) is 0.257. The Labute approximate surface area is 60.7 Å². The number of carbonyl (C=O) groups excluding carboxylic acids is 1. The van der Waals surface area contributed by atoms with Gasteiger partial charge in [0.2, 0.25) is 0 Å². The average molecular weight is 145 g/mol. The molecule has 0 aliphatic heterocycles. The van der Waals surface area contributed by atoms with Crippen molar-refractivity contribution in [3.05, 3.63) is 0 Å². The Morgan fingerprint density at radius 1 is 1.89 bits per heavy atom. The number of carbonyl (C=O) groups is 1. The SMILES string of the molecule is [B]N[C@@H](CS)[C@H](O)C=O. The second-order valence-electron chi connectivity index (χ2n) is 1.58. The topological polar surface area (TPSA) is 49.3 Å². The summed E-state index contributed by atoms with van der Waals surface area (Å²) in [5.41, 5.74) is 0. The first-order valence-corrected chi connectivity index (χ1v) is 3.09. The molecule has 0 aliphatic rings. The highest BCUT2D eigenvalue weighted by atomic mass is 32.1. The molecule has 0 aromatic carbocycles. The van der Waals surface area contributed by atoms with E-state index in [1.54, 1.807) is 0 Å². The molecule has 3 nitrogen and oxygen atoms in total. The number of thiol groups is 1. The van der Waals surface area contributed by atoms with E-state index >= 15 is 0 Å². The molecule has 0 rings (SSSR count). The number of aldehydes is 1. The van der Waals surface area contributed by atoms with E-state index in [1.807, 2.05) is 0 Å². The van der Waals surface area contributed by atoms with Crippen molar-refractivity contribution in [2.75, 3.05) is 5.75 Å². The summed E-state index contributed by atoms with van der Waals surface area (Å²) in [5, 5.41) is 11.0. The Bertz CT molecular complexity index is 88.6. The van der Waals surface area contributed by atoms with Crippen molar-refractivity contribution >= 4 is 26.9 Å². The van der Waals surface area contributed by atoms with Gasteiger partial charge in [-0.15, -0.1) is 0 Å². The number of hydrogen-bond acceptors (Lipinski definition) is 4. The van der Waals surface area contributed by atoms with Crippen LogP contribution in [0, 0.1) is 0 Å². The van der Waals surface area contributed by atoms with E-state index in [2.05, 4.69) is 17.9 Å². The lowest BCUT2D eigenvalue weighted by molar-refractivity contribution is -0.115. The zero-order chi connectivity index (χ0) is 7.28. The average Bonchev–Trinajstić information content (AvgIpc) is 1.90. The molecule has 0 heterocycles. The van der Waals surface area contributed by atoms with Gasteiger partial charge in [-0.05, 0) is 0 Å². The number of nitrogens with one attached hydrogen (secondary N) is 1. The van der Waals surface area contributed by atoms with Crippen molar-refractivity contribution in [3.8, 4) is 0 Å². The van der Waals surface area contributed by atoms with Gasteiger partial charge in [-0.3, -0.25) is 0 Å². The maximum atomic E-state index is 9.88. The van der Waals surface area contributed by atoms with Crippen molar-refractivity contribution in [1.29, 1.82) is 0 Å². The molecule has 2 N–H and O–H groups in total. The van der Waals surface area contributed by atoms with Crippen LogP contribution >= 0.6 is 12.6 Å². The summed E-state index contributed by atoms with van der Waals surface area (Å²) in [7, 11) is 4.94. The minimum Gasteiger partial charge on any atom is -0.384 e. The molecule has 0 saturated heterocycles. The van der Waals surface area contributed by atoms with Gasteiger partial charge in [0, 0.05) is 11.8 Å². The van der Waals surface area contributed by atoms with Crippen LogP contribution in [0.1, 0.15) is 0 Å². The molecule has 2 atom stereocenters. The molecular weight excluding hydrogens is 137 g/mol. The molecule has 0 bridgehead atoms. The third-order valence-electron chi connectivity index (χ3n) is 0.962. The zero-order valence-electron chi connectivity index (χ0n) is 4.82. The summed E-state index contributed by atoms with van der Waals surface area (Å²) in [6.07, 6.45) is -0.645. The molecule has 0 amide bonds. The van der Waals surface area contributed by atoms with Crippen molar-refractivity contribution in [3.63, 3.8) is 0 Å². The summed E-state index contributed by atoms with van der Waals surface area (Å²) in [6, 6.07) is -0.453. The van der Waals surface area contributed by atoms with Crippen molar-refractivity contribution in [1.82, 2.24) is 5.23 Å². The second kappa shape index (κ2) is 4.84. The van der Waals surface area contributed by atoms with Crippen LogP contribution in [-0.4, -0.2) is 37.3 Å². The second-order valence-corrected chi connectivity index (χ2v) is 1.95. The largest absolute Gasteiger partial charge is 0.384 e. The maximum Gasteiger partial charge on any atom is 0.178 e. The minimum atomic E-state index is -1.06. The van der Waals surface area contributed by atoms with Gasteiger partial charge in [0.05, 0.1) is 0 Å². The number of hydrogen-bond donors (Lipinski definition) is 3. The summed E-state index contributed by atoms with van der Waals surface area (Å²) in [6.45, 7) is 0. The summed E-state index contributed by atoms with van der Waals surface area (Å²) >= 11 is 3.83. The van der Waals surface area contributed by atoms with Crippen LogP contribution in [0.2, 0.25) is 0 Å². The number of rotatable bonds is 4. The van der Waals surface area contributed by atoms with Gasteiger partial charge in [0.25, 0.3) is 0 Å². The first-order valence-electron chi connectivity index (χ1n) is 2.46. The van der Waals surface area contributed by atoms with Crippen LogP contribution in [0.4, 0.5) is 0 Å². The fourth-order valence-electron chi connectivity index (χ4n) is 0.354. The van der Waals surface area contributed by atoms with Gasteiger partial charge in [0.15, 0.2) is 7.98 Å². The van der Waals surface area contributed by atoms with Gasteiger partial charge < -0.3 is 15.1 Å². The van der Waals surface area contributed by atoms with Crippen molar-refractivity contribution in [2.24, 2.45) is 0 Å². The highest BCUT2D eigenvalue weighted by molar-refractivity contribution is 7.80. The lowest BCUT2D eigenvalue weighted by Gasteiger charge is -2.14. The normalized spacial score (nSPS) is 16.7. The summed E-state index contributed by atoms with van der Waals surface area (Å²) in [5.74, 6) is 0.330. The predicted octanol–water partition coefficient (Wildman–Crippen LogP) is -1.48. The summed E-state index contributed by atoms with van der Waals surface area (Å²) in [4.78, 5) is 9.88. The molecule has 0 fully saturated rings. The Morgan fingerprint density at radius 3 is 2.56 bits per heavy atom. The van der Waals surface area contributed by atoms with E-state index in [0.29, 0.717) is 12.0 Å². The Hall–Kier alpha value is 0.00494. The van der Waals surface area contributed by atoms with E-state index < -0.39 is 12.1 Å². The van der Waals surface area contributed by atoms with Gasteiger partial charge in [0.1, 0.15) is 12.4 Å². The van der Waals surface area contributed by atoms with E-state index in [-0.39, 0.29) is 0 Å². The van der Waals surface area contributed by atoms with E-state index in [4.69, 9.17) is 13.1 Å². The van der Waals surface area contributed by atoms with Gasteiger partial charge >= 0.3 is 0 Å². The zero-order valence-corrected chi connectivity index (χ0v) is 5.71. The monoisotopic (exact) mass is 145 g/mol. The molecular formula is C4H8BNO2S. The number of aliphatic hydroxyl groups excluding tert-OH is 1. The Balaban J connectivity index is 3.63. The van der Waals surface area contributed by atoms with E-state index in [9.17, 15) is 4.79 Å². The van der Waals surface area contributed by atoms with Gasteiger partial charge in [-0.1, -0.05) is 0 Å². The van der Waals surface area contributed by atoms with Crippen LogP contribution in [0.15, 0.2) is 0 Å². The fourth-order valence-corrected chi connectivity index (χ4v) is 0.676. The standard InChI is InChI=1S/C4H8BNO2S/c5-6-3(2-9)4(8)1-7/h1,3-4,6,8-9H,2H2/t3-,4+/m0/s1. The first kappa shape index (κ1) is 9.00. The smallest absolute Gasteiger partial charge is 0.178 e. The maximum absolute atomic E-state index is 9.88. The lowest BCUT2D eigenvalue weighted by atomic mass is 10.1. The van der Waals surface area contributed by atoms with Crippen LogP contribution in [0.25, 0.3) is 0 Å². The van der Waals surface area contributed by atoms with Gasteiger partial charge in [-0.2, -0.15) is 12.6 Å². The van der Waals surface area contributed by atoms with E-state index in [0.717, 1.165) is 0 Å². The fraction of sp³-hybridized carbons (Fsp3) is 0.750. The molecule has 0 aromatic heterocycles. The van der Waals surface area contributed by atoms with Gasteiger partial charge in [-0.25, -0.2) is 0 Å². The number of aliphatic hydroxyl groups is 1. The first-order chi connectivity index (χ1) is 4.26. The molecule has 0 aliphatic carbocycles.